The molecule has 0 N–H and O–H groups in total. The number of Topliss-reactive ketones (excluding diaryl/α,β-unsaturated/α-hetero) is 1. The van der Waals surface area contributed by atoms with Crippen LogP contribution in [0.15, 0.2) is 24.5 Å². The predicted octanol–water partition coefficient (Wildman–Crippen LogP) is 2.30. The van der Waals surface area contributed by atoms with E-state index in [0.29, 0.717) is 22.9 Å². The molecule has 0 spiro atoms. The lowest BCUT2D eigenvalue weighted by Crippen LogP contribution is -2.14. The average Bonchev–Trinajstić information content (AvgIpc) is 2.94. The number of nitrogens with zero attached hydrogens (tertiary/aromatic N) is 3. The molecule has 0 unspecified atom stereocenters. The second-order valence-corrected chi connectivity index (χ2v) is 4.85. The molecule has 112 valence electrons. The molecule has 0 amide bonds. The largest absolute Gasteiger partial charge is 0.496 e. The second kappa shape index (κ2) is 6.39. The Hall–Kier alpha value is -2.37. The molecule has 0 aliphatic heterocycles. The number of hydrogen-bond acceptors (Lipinski definition) is 5. The molecule has 6 heteroatoms. The zero-order valence-electron chi connectivity index (χ0n) is 12.7. The lowest BCUT2D eigenvalue weighted by molar-refractivity contribution is 0.0983. The van der Waals surface area contributed by atoms with Gasteiger partial charge in [-0.3, -0.25) is 4.79 Å². The number of carbonyl (C=O) groups is 1. The molecular formula is C15H19N3O3. The van der Waals surface area contributed by atoms with Crippen molar-refractivity contribution in [1.82, 2.24) is 14.8 Å². The molecule has 0 bridgehead atoms. The van der Waals surface area contributed by atoms with Gasteiger partial charge in [0.1, 0.15) is 29.2 Å². The van der Waals surface area contributed by atoms with Crippen molar-refractivity contribution in [3.05, 3.63) is 35.9 Å². The van der Waals surface area contributed by atoms with Gasteiger partial charge in [-0.05, 0) is 26.0 Å². The van der Waals surface area contributed by atoms with E-state index in [1.54, 1.807) is 22.9 Å². The SMILES string of the molecule is COc1cccc(OC)c1C(=O)Cc1ncnn1C(C)C. The Kier molecular flexibility index (Phi) is 4.57. The zero-order chi connectivity index (χ0) is 15.4. The van der Waals surface area contributed by atoms with Crippen LogP contribution in [0.5, 0.6) is 11.5 Å². The van der Waals surface area contributed by atoms with E-state index in [2.05, 4.69) is 10.1 Å². The maximum atomic E-state index is 12.6. The predicted molar refractivity (Wildman–Crippen MR) is 78.0 cm³/mol. The molecule has 2 rings (SSSR count). The molecule has 0 aliphatic rings. The minimum absolute atomic E-state index is 0.112. The van der Waals surface area contributed by atoms with Crippen LogP contribution in [-0.2, 0) is 6.42 Å². The number of rotatable bonds is 6. The van der Waals surface area contributed by atoms with Gasteiger partial charge >= 0.3 is 0 Å². The summed E-state index contributed by atoms with van der Waals surface area (Å²) in [5.41, 5.74) is 0.431. The minimum Gasteiger partial charge on any atom is -0.496 e. The van der Waals surface area contributed by atoms with Crippen molar-refractivity contribution in [3.8, 4) is 11.5 Å². The molecule has 2 aromatic rings. The van der Waals surface area contributed by atoms with Crippen LogP contribution in [0.25, 0.3) is 0 Å². The van der Waals surface area contributed by atoms with Crippen LogP contribution in [0, 0.1) is 0 Å². The number of hydrogen-bond donors (Lipinski definition) is 0. The van der Waals surface area contributed by atoms with Gasteiger partial charge in [-0.2, -0.15) is 5.10 Å². The first-order valence-corrected chi connectivity index (χ1v) is 6.71. The number of methoxy groups -OCH3 is 2. The third-order valence-electron chi connectivity index (χ3n) is 3.16. The smallest absolute Gasteiger partial charge is 0.177 e. The second-order valence-electron chi connectivity index (χ2n) is 4.85. The third kappa shape index (κ3) is 3.04. The van der Waals surface area contributed by atoms with E-state index in [1.807, 2.05) is 13.8 Å². The fourth-order valence-corrected chi connectivity index (χ4v) is 2.19. The first kappa shape index (κ1) is 15.0. The molecule has 1 aromatic heterocycles. The number of ether oxygens (including phenoxy) is 2. The van der Waals surface area contributed by atoms with Crippen molar-refractivity contribution in [2.75, 3.05) is 14.2 Å². The molecule has 1 aromatic carbocycles. The summed E-state index contributed by atoms with van der Waals surface area (Å²) in [7, 11) is 3.06. The highest BCUT2D eigenvalue weighted by Crippen LogP contribution is 2.29. The van der Waals surface area contributed by atoms with Gasteiger partial charge < -0.3 is 9.47 Å². The molecule has 0 aliphatic carbocycles. The Morgan fingerprint density at radius 3 is 2.38 bits per heavy atom. The van der Waals surface area contributed by atoms with E-state index < -0.39 is 0 Å². The van der Waals surface area contributed by atoms with Gasteiger partial charge in [0.2, 0.25) is 0 Å². The summed E-state index contributed by atoms with van der Waals surface area (Å²) < 4.78 is 12.3. The van der Waals surface area contributed by atoms with Crippen LogP contribution in [0.1, 0.15) is 36.1 Å². The Labute approximate surface area is 123 Å². The summed E-state index contributed by atoms with van der Waals surface area (Å²) >= 11 is 0. The van der Waals surface area contributed by atoms with Crippen molar-refractivity contribution in [1.29, 1.82) is 0 Å². The maximum absolute atomic E-state index is 12.6. The summed E-state index contributed by atoms with van der Waals surface area (Å²) in [6.45, 7) is 3.98. The molecule has 1 heterocycles. The third-order valence-corrected chi connectivity index (χ3v) is 3.16. The highest BCUT2D eigenvalue weighted by atomic mass is 16.5. The van der Waals surface area contributed by atoms with E-state index in [1.165, 1.54) is 20.5 Å². The highest BCUT2D eigenvalue weighted by Gasteiger charge is 2.21. The van der Waals surface area contributed by atoms with E-state index >= 15 is 0 Å². The van der Waals surface area contributed by atoms with E-state index in [9.17, 15) is 4.79 Å². The van der Waals surface area contributed by atoms with Crippen LogP contribution in [-0.4, -0.2) is 34.8 Å². The van der Waals surface area contributed by atoms with Gasteiger partial charge in [-0.1, -0.05) is 6.07 Å². The number of aromatic nitrogens is 3. The first-order chi connectivity index (χ1) is 10.1. The first-order valence-electron chi connectivity index (χ1n) is 6.71. The van der Waals surface area contributed by atoms with Crippen LogP contribution in [0.4, 0.5) is 0 Å². The lowest BCUT2D eigenvalue weighted by Gasteiger charge is -2.13. The monoisotopic (exact) mass is 289 g/mol. The molecular weight excluding hydrogens is 270 g/mol. The Morgan fingerprint density at radius 1 is 1.24 bits per heavy atom. The minimum atomic E-state index is -0.112. The Bertz CT molecular complexity index is 613. The van der Waals surface area contributed by atoms with Gasteiger partial charge in [0.25, 0.3) is 0 Å². The average molecular weight is 289 g/mol. The molecule has 21 heavy (non-hydrogen) atoms. The molecule has 0 saturated heterocycles. The van der Waals surface area contributed by atoms with Crippen molar-refractivity contribution in [2.45, 2.75) is 26.3 Å². The van der Waals surface area contributed by atoms with E-state index in [4.69, 9.17) is 9.47 Å². The van der Waals surface area contributed by atoms with Crippen molar-refractivity contribution in [2.24, 2.45) is 0 Å². The lowest BCUT2D eigenvalue weighted by atomic mass is 10.1. The number of ketones is 1. The normalized spacial score (nSPS) is 10.7. The molecule has 0 saturated carbocycles. The van der Waals surface area contributed by atoms with Crippen molar-refractivity contribution >= 4 is 5.78 Å². The van der Waals surface area contributed by atoms with Crippen molar-refractivity contribution < 1.29 is 14.3 Å². The van der Waals surface area contributed by atoms with Crippen LogP contribution in [0.3, 0.4) is 0 Å². The summed E-state index contributed by atoms with van der Waals surface area (Å²) in [5, 5.41) is 4.14. The number of benzene rings is 1. The zero-order valence-corrected chi connectivity index (χ0v) is 12.7. The van der Waals surface area contributed by atoms with Crippen molar-refractivity contribution in [3.63, 3.8) is 0 Å². The van der Waals surface area contributed by atoms with Gasteiger partial charge in [0.15, 0.2) is 5.78 Å². The molecule has 0 radical (unpaired) electrons. The van der Waals surface area contributed by atoms with Gasteiger partial charge in [0, 0.05) is 6.04 Å². The number of carbonyl (C=O) groups excluding carboxylic acids is 1. The van der Waals surface area contributed by atoms with Gasteiger partial charge in [0.05, 0.1) is 20.6 Å². The topological polar surface area (TPSA) is 66.2 Å². The fourth-order valence-electron chi connectivity index (χ4n) is 2.19. The summed E-state index contributed by atoms with van der Waals surface area (Å²) in [6, 6.07) is 5.41. The Balaban J connectivity index is 2.34. The maximum Gasteiger partial charge on any atom is 0.177 e. The summed E-state index contributed by atoms with van der Waals surface area (Å²) in [5.74, 6) is 1.51. The van der Waals surface area contributed by atoms with Gasteiger partial charge in [-0.15, -0.1) is 0 Å². The van der Waals surface area contributed by atoms with Crippen LogP contribution in [0.2, 0.25) is 0 Å². The van der Waals surface area contributed by atoms with Gasteiger partial charge in [-0.25, -0.2) is 9.67 Å². The summed E-state index contributed by atoms with van der Waals surface area (Å²) in [4.78, 5) is 16.8. The Morgan fingerprint density at radius 2 is 1.86 bits per heavy atom. The molecule has 6 nitrogen and oxygen atoms in total. The quantitative estimate of drug-likeness (QED) is 0.763. The fraction of sp³-hybridized carbons (Fsp3) is 0.400. The van der Waals surface area contributed by atoms with Crippen LogP contribution >= 0.6 is 0 Å². The highest BCUT2D eigenvalue weighted by molar-refractivity contribution is 6.02. The summed E-state index contributed by atoms with van der Waals surface area (Å²) in [6.07, 6.45) is 1.61. The van der Waals surface area contributed by atoms with E-state index in [-0.39, 0.29) is 18.2 Å². The van der Waals surface area contributed by atoms with E-state index in [0.717, 1.165) is 0 Å². The molecule has 0 fully saturated rings. The standard InChI is InChI=1S/C15H19N3O3/c1-10(2)18-14(16-9-17-18)8-11(19)15-12(20-3)6-5-7-13(15)21-4/h5-7,9-10H,8H2,1-4H3. The molecule has 0 atom stereocenters. The van der Waals surface area contributed by atoms with Crippen LogP contribution < -0.4 is 9.47 Å².